The average molecular weight is 359 g/mol. The lowest BCUT2D eigenvalue weighted by atomic mass is 9.96. The highest BCUT2D eigenvalue weighted by atomic mass is 32.1. The van der Waals surface area contributed by atoms with Crippen LogP contribution in [-0.2, 0) is 13.0 Å². The van der Waals surface area contributed by atoms with Crippen LogP contribution >= 0.6 is 11.3 Å². The van der Waals surface area contributed by atoms with Crippen molar-refractivity contribution >= 4 is 11.3 Å². The fourth-order valence-corrected chi connectivity index (χ4v) is 4.33. The Morgan fingerprint density at radius 1 is 1.12 bits per heavy atom. The lowest BCUT2D eigenvalue weighted by molar-refractivity contribution is 0.153. The van der Waals surface area contributed by atoms with Gasteiger partial charge in [0.1, 0.15) is 5.75 Å². The molecule has 136 valence electrons. The van der Waals surface area contributed by atoms with Gasteiger partial charge in [-0.3, -0.25) is 0 Å². The SMILES string of the molecule is COc1ccc(CCN2CCC(CN(C)Cc3ccsc3)CC2)cc1. The van der Waals surface area contributed by atoms with E-state index in [0.717, 1.165) is 24.6 Å². The Morgan fingerprint density at radius 3 is 2.52 bits per heavy atom. The largest absolute Gasteiger partial charge is 0.497 e. The Hall–Kier alpha value is -1.36. The van der Waals surface area contributed by atoms with Gasteiger partial charge >= 0.3 is 0 Å². The molecular formula is C21H30N2OS. The number of thiophene rings is 1. The molecule has 0 aliphatic carbocycles. The number of piperidine rings is 1. The topological polar surface area (TPSA) is 15.7 Å². The number of benzene rings is 1. The molecule has 1 aromatic heterocycles. The van der Waals surface area contributed by atoms with Gasteiger partial charge in [0.05, 0.1) is 7.11 Å². The van der Waals surface area contributed by atoms with E-state index in [1.54, 1.807) is 18.4 Å². The van der Waals surface area contributed by atoms with Gasteiger partial charge in [-0.1, -0.05) is 12.1 Å². The van der Waals surface area contributed by atoms with Crippen molar-refractivity contribution in [2.24, 2.45) is 5.92 Å². The van der Waals surface area contributed by atoms with Crippen LogP contribution in [0.2, 0.25) is 0 Å². The van der Waals surface area contributed by atoms with Gasteiger partial charge in [-0.05, 0) is 85.4 Å². The summed E-state index contributed by atoms with van der Waals surface area (Å²) in [6, 6.07) is 10.7. The molecule has 0 spiro atoms. The molecule has 0 atom stereocenters. The van der Waals surface area contributed by atoms with Crippen LogP contribution in [0, 0.1) is 5.92 Å². The smallest absolute Gasteiger partial charge is 0.118 e. The van der Waals surface area contributed by atoms with Crippen LogP contribution in [-0.4, -0.2) is 50.1 Å². The predicted octanol–water partition coefficient (Wildman–Crippen LogP) is 4.14. The highest BCUT2D eigenvalue weighted by Gasteiger charge is 2.20. The molecule has 4 heteroatoms. The Balaban J connectivity index is 1.35. The van der Waals surface area contributed by atoms with Crippen molar-refractivity contribution in [1.82, 2.24) is 9.80 Å². The average Bonchev–Trinajstić information content (AvgIpc) is 3.14. The van der Waals surface area contributed by atoms with Gasteiger partial charge < -0.3 is 14.5 Å². The summed E-state index contributed by atoms with van der Waals surface area (Å²) in [6.07, 6.45) is 3.79. The second-order valence-corrected chi connectivity index (χ2v) is 7.99. The number of nitrogens with zero attached hydrogens (tertiary/aromatic N) is 2. The third-order valence-electron chi connectivity index (χ3n) is 5.19. The number of methoxy groups -OCH3 is 1. The number of rotatable bonds is 8. The summed E-state index contributed by atoms with van der Waals surface area (Å²) in [5, 5.41) is 4.43. The normalized spacial score (nSPS) is 16.4. The molecular weight excluding hydrogens is 328 g/mol. The standard InChI is InChI=1S/C21H30N2OS/c1-22(16-20-10-14-25-17-20)15-19-8-12-23(13-9-19)11-7-18-3-5-21(24-2)6-4-18/h3-6,10,14,17,19H,7-9,11-13,15-16H2,1-2H3. The van der Waals surface area contributed by atoms with Crippen LogP contribution in [0.25, 0.3) is 0 Å². The van der Waals surface area contributed by atoms with E-state index in [0.29, 0.717) is 0 Å². The van der Waals surface area contributed by atoms with Crippen molar-refractivity contribution in [3.8, 4) is 5.75 Å². The summed E-state index contributed by atoms with van der Waals surface area (Å²) in [4.78, 5) is 5.11. The maximum Gasteiger partial charge on any atom is 0.118 e. The van der Waals surface area contributed by atoms with Crippen molar-refractivity contribution < 1.29 is 4.74 Å². The molecule has 3 nitrogen and oxygen atoms in total. The predicted molar refractivity (Wildman–Crippen MR) is 107 cm³/mol. The van der Waals surface area contributed by atoms with Crippen molar-refractivity contribution in [3.05, 3.63) is 52.2 Å². The molecule has 0 bridgehead atoms. The van der Waals surface area contributed by atoms with Gasteiger partial charge in [0.15, 0.2) is 0 Å². The second-order valence-electron chi connectivity index (χ2n) is 7.21. The zero-order chi connectivity index (χ0) is 17.5. The van der Waals surface area contributed by atoms with Gasteiger partial charge in [-0.15, -0.1) is 0 Å². The summed E-state index contributed by atoms with van der Waals surface area (Å²) in [5.41, 5.74) is 2.85. The first-order chi connectivity index (χ1) is 12.2. The summed E-state index contributed by atoms with van der Waals surface area (Å²) in [7, 11) is 3.98. The maximum absolute atomic E-state index is 5.23. The first kappa shape index (κ1) is 18.4. The van der Waals surface area contributed by atoms with Gasteiger partial charge in [0, 0.05) is 19.6 Å². The highest BCUT2D eigenvalue weighted by Crippen LogP contribution is 2.20. The van der Waals surface area contributed by atoms with E-state index in [2.05, 4.69) is 57.9 Å². The Bertz CT molecular complexity index is 603. The number of likely N-dealkylation sites (tertiary alicyclic amines) is 1. The molecule has 0 unspecified atom stereocenters. The van der Waals surface area contributed by atoms with Crippen molar-refractivity contribution in [2.45, 2.75) is 25.8 Å². The Morgan fingerprint density at radius 2 is 1.88 bits per heavy atom. The minimum Gasteiger partial charge on any atom is -0.497 e. The zero-order valence-corrected chi connectivity index (χ0v) is 16.3. The summed E-state index contributed by atoms with van der Waals surface area (Å²) < 4.78 is 5.23. The van der Waals surface area contributed by atoms with Crippen LogP contribution in [0.1, 0.15) is 24.0 Å². The molecule has 0 saturated carbocycles. The zero-order valence-electron chi connectivity index (χ0n) is 15.5. The minimum atomic E-state index is 0.848. The molecule has 1 aromatic carbocycles. The molecule has 2 heterocycles. The van der Waals surface area contributed by atoms with E-state index in [1.165, 1.54) is 50.1 Å². The van der Waals surface area contributed by atoms with Crippen molar-refractivity contribution in [2.75, 3.05) is 40.3 Å². The molecule has 2 aromatic rings. The van der Waals surface area contributed by atoms with Crippen molar-refractivity contribution in [1.29, 1.82) is 0 Å². The molecule has 0 N–H and O–H groups in total. The molecule has 1 aliphatic heterocycles. The summed E-state index contributed by atoms with van der Waals surface area (Å²) >= 11 is 1.79. The van der Waals surface area contributed by atoms with E-state index in [9.17, 15) is 0 Å². The Labute approximate surface area is 156 Å². The van der Waals surface area contributed by atoms with Gasteiger partial charge in [0.25, 0.3) is 0 Å². The molecule has 25 heavy (non-hydrogen) atoms. The highest BCUT2D eigenvalue weighted by molar-refractivity contribution is 7.07. The fourth-order valence-electron chi connectivity index (χ4n) is 3.67. The molecule has 1 aliphatic rings. The third kappa shape index (κ3) is 5.84. The van der Waals surface area contributed by atoms with Gasteiger partial charge in [-0.2, -0.15) is 11.3 Å². The van der Waals surface area contributed by atoms with Crippen LogP contribution in [0.4, 0.5) is 0 Å². The maximum atomic E-state index is 5.23. The first-order valence-electron chi connectivity index (χ1n) is 9.28. The molecule has 1 saturated heterocycles. The van der Waals surface area contributed by atoms with E-state index >= 15 is 0 Å². The summed E-state index contributed by atoms with van der Waals surface area (Å²) in [6.45, 7) is 5.97. The van der Waals surface area contributed by atoms with Crippen LogP contribution in [0.5, 0.6) is 5.75 Å². The lowest BCUT2D eigenvalue weighted by Gasteiger charge is -2.34. The van der Waals surface area contributed by atoms with Crippen LogP contribution in [0.15, 0.2) is 41.1 Å². The third-order valence-corrected chi connectivity index (χ3v) is 5.92. The van der Waals surface area contributed by atoms with Crippen molar-refractivity contribution in [3.63, 3.8) is 0 Å². The van der Waals surface area contributed by atoms with E-state index in [-0.39, 0.29) is 0 Å². The minimum absolute atomic E-state index is 0.848. The number of hydrogen-bond acceptors (Lipinski definition) is 4. The van der Waals surface area contributed by atoms with E-state index in [1.807, 2.05) is 0 Å². The van der Waals surface area contributed by atoms with Gasteiger partial charge in [-0.25, -0.2) is 0 Å². The lowest BCUT2D eigenvalue weighted by Crippen LogP contribution is -2.38. The molecule has 0 amide bonds. The molecule has 0 radical (unpaired) electrons. The quantitative estimate of drug-likeness (QED) is 0.705. The Kier molecular flexibility index (Phi) is 6.91. The van der Waals surface area contributed by atoms with Gasteiger partial charge in [0.2, 0.25) is 0 Å². The van der Waals surface area contributed by atoms with E-state index < -0.39 is 0 Å². The monoisotopic (exact) mass is 358 g/mol. The fraction of sp³-hybridized carbons (Fsp3) is 0.524. The molecule has 3 rings (SSSR count). The molecule has 1 fully saturated rings. The first-order valence-corrected chi connectivity index (χ1v) is 10.2. The van der Waals surface area contributed by atoms with Crippen LogP contribution in [0.3, 0.4) is 0 Å². The second kappa shape index (κ2) is 9.37. The van der Waals surface area contributed by atoms with E-state index in [4.69, 9.17) is 4.74 Å². The summed E-state index contributed by atoms with van der Waals surface area (Å²) in [5.74, 6) is 1.79. The van der Waals surface area contributed by atoms with Crippen LogP contribution < -0.4 is 4.74 Å². The number of ether oxygens (including phenoxy) is 1. The number of hydrogen-bond donors (Lipinski definition) is 0.